The van der Waals surface area contributed by atoms with Gasteiger partial charge in [-0.2, -0.15) is 0 Å². The maximum absolute atomic E-state index is 11.1. The number of Topliss-reactive ketones (excluding diaryl/α,β-unsaturated/α-hetero) is 1. The molecule has 0 amide bonds. The van der Waals surface area contributed by atoms with Crippen LogP contribution in [-0.4, -0.2) is 51.0 Å². The van der Waals surface area contributed by atoms with Crippen molar-refractivity contribution in [2.75, 3.05) is 34.8 Å². The highest BCUT2D eigenvalue weighted by Gasteiger charge is 2.17. The molecule has 0 fully saturated rings. The zero-order valence-corrected chi connectivity index (χ0v) is 8.09. The molecular weight excluding hydrogens is 158 g/mol. The molecule has 0 N–H and O–H groups in total. The summed E-state index contributed by atoms with van der Waals surface area (Å²) >= 11 is 0. The molecule has 0 rings (SSSR count). The van der Waals surface area contributed by atoms with Gasteiger partial charge in [0.1, 0.15) is 13.0 Å². The van der Waals surface area contributed by atoms with Crippen LogP contribution in [0.5, 0.6) is 0 Å². The predicted molar refractivity (Wildman–Crippen MR) is 44.5 cm³/mol. The van der Waals surface area contributed by atoms with E-state index in [2.05, 4.69) is 4.74 Å². The van der Waals surface area contributed by atoms with Crippen LogP contribution in [0.3, 0.4) is 0 Å². The van der Waals surface area contributed by atoms with E-state index in [0.717, 1.165) is 0 Å². The minimum atomic E-state index is -0.464. The number of quaternary nitrogens is 1. The number of ether oxygens (including phenoxy) is 1. The lowest BCUT2D eigenvalue weighted by Crippen LogP contribution is -2.40. The quantitative estimate of drug-likeness (QED) is 0.337. The monoisotopic (exact) mass is 174 g/mol. The van der Waals surface area contributed by atoms with Crippen molar-refractivity contribution in [1.82, 2.24) is 0 Å². The smallest absolute Gasteiger partial charge is 0.313 e. The van der Waals surface area contributed by atoms with Gasteiger partial charge in [0.05, 0.1) is 28.3 Å². The second-order valence-corrected chi connectivity index (χ2v) is 3.74. The van der Waals surface area contributed by atoms with Crippen molar-refractivity contribution >= 4 is 11.8 Å². The van der Waals surface area contributed by atoms with Gasteiger partial charge in [-0.05, 0) is 0 Å². The van der Waals surface area contributed by atoms with Crippen LogP contribution in [0.1, 0.15) is 6.42 Å². The van der Waals surface area contributed by atoms with Gasteiger partial charge in [0.2, 0.25) is 0 Å². The zero-order valence-electron chi connectivity index (χ0n) is 8.09. The van der Waals surface area contributed by atoms with Crippen molar-refractivity contribution in [3.63, 3.8) is 0 Å². The molecule has 0 radical (unpaired) electrons. The molecule has 4 nitrogen and oxygen atoms in total. The fraction of sp³-hybridized carbons (Fsp3) is 0.750. The molecule has 0 aromatic carbocycles. The van der Waals surface area contributed by atoms with Gasteiger partial charge in [0, 0.05) is 0 Å². The first kappa shape index (κ1) is 11.1. The molecule has 0 unspecified atom stereocenters. The molecule has 0 bridgehead atoms. The minimum Gasteiger partial charge on any atom is -0.469 e. The van der Waals surface area contributed by atoms with Gasteiger partial charge in [-0.3, -0.25) is 9.59 Å². The first-order valence-corrected chi connectivity index (χ1v) is 3.74. The molecule has 0 heterocycles. The standard InChI is InChI=1S/C8H16NO3/c1-9(2,3)6-7(10)5-8(11)12-4/h5-6H2,1-4H3/q+1. The third-order valence-electron chi connectivity index (χ3n) is 1.22. The lowest BCUT2D eigenvalue weighted by atomic mass is 10.2. The lowest BCUT2D eigenvalue weighted by molar-refractivity contribution is -0.862. The van der Waals surface area contributed by atoms with E-state index >= 15 is 0 Å². The molecule has 0 saturated carbocycles. The van der Waals surface area contributed by atoms with Crippen LogP contribution in [-0.2, 0) is 14.3 Å². The number of ketones is 1. The molecule has 0 aromatic heterocycles. The summed E-state index contributed by atoms with van der Waals surface area (Å²) in [5, 5.41) is 0. The molecular formula is C8H16NO3+. The molecule has 4 heteroatoms. The second kappa shape index (κ2) is 4.21. The molecule has 12 heavy (non-hydrogen) atoms. The average molecular weight is 174 g/mol. The highest BCUT2D eigenvalue weighted by Crippen LogP contribution is 1.94. The number of esters is 1. The molecule has 0 aliphatic carbocycles. The Morgan fingerprint density at radius 2 is 1.75 bits per heavy atom. The summed E-state index contributed by atoms with van der Waals surface area (Å²) in [5.74, 6) is -0.553. The van der Waals surface area contributed by atoms with Crippen molar-refractivity contribution < 1.29 is 18.8 Å². The molecule has 0 aliphatic heterocycles. The fourth-order valence-corrected chi connectivity index (χ4v) is 0.818. The number of likely N-dealkylation sites (N-methyl/N-ethyl adjacent to an activating group) is 1. The first-order valence-electron chi connectivity index (χ1n) is 3.74. The zero-order chi connectivity index (χ0) is 9.78. The van der Waals surface area contributed by atoms with Crippen LogP contribution in [0.25, 0.3) is 0 Å². The Bertz CT molecular complexity index is 181. The van der Waals surface area contributed by atoms with E-state index in [1.54, 1.807) is 0 Å². The largest absolute Gasteiger partial charge is 0.469 e. The SMILES string of the molecule is COC(=O)CC(=O)C[N+](C)(C)C. The number of hydrogen-bond acceptors (Lipinski definition) is 3. The van der Waals surface area contributed by atoms with Crippen LogP contribution in [0.4, 0.5) is 0 Å². The van der Waals surface area contributed by atoms with Gasteiger partial charge in [0.25, 0.3) is 0 Å². The summed E-state index contributed by atoms with van der Waals surface area (Å²) in [6.07, 6.45) is -0.119. The summed E-state index contributed by atoms with van der Waals surface area (Å²) in [6.45, 7) is 0.356. The van der Waals surface area contributed by atoms with E-state index < -0.39 is 5.97 Å². The Morgan fingerprint density at radius 1 is 1.25 bits per heavy atom. The molecule has 0 saturated heterocycles. The first-order chi connectivity index (χ1) is 5.35. The Morgan fingerprint density at radius 3 is 2.08 bits per heavy atom. The Hall–Kier alpha value is -0.900. The maximum atomic E-state index is 11.1. The molecule has 0 atom stereocenters. The number of carbonyl (C=O) groups is 2. The summed E-state index contributed by atoms with van der Waals surface area (Å²) in [6, 6.07) is 0. The molecule has 0 aliphatic rings. The summed E-state index contributed by atoms with van der Waals surface area (Å²) < 4.78 is 4.91. The van der Waals surface area contributed by atoms with Crippen molar-refractivity contribution in [2.45, 2.75) is 6.42 Å². The minimum absolute atomic E-state index is 0.0886. The molecule has 70 valence electrons. The summed E-state index contributed by atoms with van der Waals surface area (Å²) in [7, 11) is 6.97. The van der Waals surface area contributed by atoms with Crippen molar-refractivity contribution in [3.8, 4) is 0 Å². The molecule has 0 aromatic rings. The topological polar surface area (TPSA) is 43.4 Å². The van der Waals surface area contributed by atoms with Crippen LogP contribution in [0.15, 0.2) is 0 Å². The third-order valence-corrected chi connectivity index (χ3v) is 1.22. The number of methoxy groups -OCH3 is 1. The second-order valence-electron chi connectivity index (χ2n) is 3.74. The third kappa shape index (κ3) is 5.85. The van der Waals surface area contributed by atoms with Gasteiger partial charge in [-0.15, -0.1) is 0 Å². The van der Waals surface area contributed by atoms with Crippen LogP contribution < -0.4 is 0 Å². The highest BCUT2D eigenvalue weighted by atomic mass is 16.5. The Balaban J connectivity index is 3.83. The van der Waals surface area contributed by atoms with E-state index in [-0.39, 0.29) is 12.2 Å². The maximum Gasteiger partial charge on any atom is 0.313 e. The van der Waals surface area contributed by atoms with Gasteiger partial charge in [0.15, 0.2) is 5.78 Å². The average Bonchev–Trinajstić information content (AvgIpc) is 1.82. The number of hydrogen-bond donors (Lipinski definition) is 0. The number of nitrogens with zero attached hydrogens (tertiary/aromatic N) is 1. The van der Waals surface area contributed by atoms with Gasteiger partial charge < -0.3 is 9.22 Å². The van der Waals surface area contributed by atoms with Crippen molar-refractivity contribution in [3.05, 3.63) is 0 Å². The fourth-order valence-electron chi connectivity index (χ4n) is 0.818. The Labute approximate surface area is 72.7 Å². The highest BCUT2D eigenvalue weighted by molar-refractivity contribution is 5.96. The van der Waals surface area contributed by atoms with E-state index in [1.165, 1.54) is 7.11 Å². The van der Waals surface area contributed by atoms with E-state index in [4.69, 9.17) is 0 Å². The van der Waals surface area contributed by atoms with Gasteiger partial charge >= 0.3 is 5.97 Å². The van der Waals surface area contributed by atoms with Crippen LogP contribution >= 0.6 is 0 Å². The van der Waals surface area contributed by atoms with Crippen LogP contribution in [0.2, 0.25) is 0 Å². The Kier molecular flexibility index (Phi) is 3.89. The normalized spacial score (nSPS) is 11.0. The summed E-state index contributed by atoms with van der Waals surface area (Å²) in [4.78, 5) is 21.8. The lowest BCUT2D eigenvalue weighted by Gasteiger charge is -2.22. The number of rotatable bonds is 4. The number of carbonyl (C=O) groups excluding carboxylic acids is 2. The molecule has 0 spiro atoms. The predicted octanol–water partition coefficient (Wildman–Crippen LogP) is -0.175. The van der Waals surface area contributed by atoms with E-state index in [1.807, 2.05) is 21.1 Å². The van der Waals surface area contributed by atoms with Gasteiger partial charge in [-0.25, -0.2) is 0 Å². The van der Waals surface area contributed by atoms with Gasteiger partial charge in [-0.1, -0.05) is 0 Å². The van der Waals surface area contributed by atoms with Crippen LogP contribution in [0, 0.1) is 0 Å². The van der Waals surface area contributed by atoms with E-state index in [0.29, 0.717) is 11.0 Å². The summed E-state index contributed by atoms with van der Waals surface area (Å²) in [5.41, 5.74) is 0. The van der Waals surface area contributed by atoms with Crippen molar-refractivity contribution in [2.24, 2.45) is 0 Å². The van der Waals surface area contributed by atoms with Crippen molar-refractivity contribution in [1.29, 1.82) is 0 Å². The van der Waals surface area contributed by atoms with E-state index in [9.17, 15) is 9.59 Å².